The van der Waals surface area contributed by atoms with Crippen molar-refractivity contribution >= 4 is 11.6 Å². The van der Waals surface area contributed by atoms with Gasteiger partial charge in [-0.2, -0.15) is 0 Å². The Morgan fingerprint density at radius 3 is 2.35 bits per heavy atom. The van der Waals surface area contributed by atoms with Crippen LogP contribution in [0.4, 0.5) is 0 Å². The van der Waals surface area contributed by atoms with Crippen molar-refractivity contribution in [2.24, 2.45) is 5.73 Å². The third-order valence-electron chi connectivity index (χ3n) is 2.69. The van der Waals surface area contributed by atoms with E-state index in [0.717, 1.165) is 11.1 Å². The second-order valence-electron chi connectivity index (χ2n) is 4.05. The number of hydrogen-bond acceptors (Lipinski definition) is 2. The average Bonchev–Trinajstić information content (AvgIpc) is 2.33. The van der Waals surface area contributed by atoms with Crippen molar-refractivity contribution in [2.45, 2.75) is 13.0 Å². The summed E-state index contributed by atoms with van der Waals surface area (Å²) in [6.45, 7) is 1.82. The van der Waals surface area contributed by atoms with E-state index in [2.05, 4.69) is 0 Å². The van der Waals surface area contributed by atoms with Gasteiger partial charge in [0, 0.05) is 11.6 Å². The van der Waals surface area contributed by atoms with Crippen molar-refractivity contribution in [3.63, 3.8) is 0 Å². The van der Waals surface area contributed by atoms with Gasteiger partial charge in [-0.1, -0.05) is 41.9 Å². The SMILES string of the molecule is CC(N)c1cc(-c2ccccc2)cc(Cl)c1O. The molecule has 0 amide bonds. The van der Waals surface area contributed by atoms with Crippen LogP contribution in [0.1, 0.15) is 18.5 Å². The van der Waals surface area contributed by atoms with Crippen LogP contribution >= 0.6 is 11.6 Å². The molecule has 0 saturated carbocycles. The fraction of sp³-hybridized carbons (Fsp3) is 0.143. The molecule has 2 aromatic carbocycles. The maximum absolute atomic E-state index is 9.83. The summed E-state index contributed by atoms with van der Waals surface area (Å²) in [7, 11) is 0. The third kappa shape index (κ3) is 2.43. The minimum Gasteiger partial charge on any atom is -0.506 e. The van der Waals surface area contributed by atoms with Crippen molar-refractivity contribution in [1.29, 1.82) is 0 Å². The quantitative estimate of drug-likeness (QED) is 0.849. The second kappa shape index (κ2) is 4.78. The number of benzene rings is 2. The normalized spacial score (nSPS) is 12.4. The average molecular weight is 248 g/mol. The van der Waals surface area contributed by atoms with Crippen LogP contribution in [-0.2, 0) is 0 Å². The van der Waals surface area contributed by atoms with Gasteiger partial charge >= 0.3 is 0 Å². The van der Waals surface area contributed by atoms with E-state index in [9.17, 15) is 5.11 Å². The molecule has 88 valence electrons. The number of nitrogens with two attached hydrogens (primary N) is 1. The molecule has 0 bridgehead atoms. The summed E-state index contributed by atoms with van der Waals surface area (Å²) in [6, 6.07) is 13.2. The lowest BCUT2D eigenvalue weighted by Gasteiger charge is -2.12. The van der Waals surface area contributed by atoms with Crippen molar-refractivity contribution in [3.05, 3.63) is 53.1 Å². The minimum absolute atomic E-state index is 0.0707. The van der Waals surface area contributed by atoms with Crippen molar-refractivity contribution in [3.8, 4) is 16.9 Å². The van der Waals surface area contributed by atoms with E-state index in [1.165, 1.54) is 0 Å². The molecule has 0 heterocycles. The Balaban J connectivity index is 2.57. The molecule has 0 spiro atoms. The van der Waals surface area contributed by atoms with E-state index < -0.39 is 0 Å². The van der Waals surface area contributed by atoms with E-state index in [1.807, 2.05) is 43.3 Å². The first-order chi connectivity index (χ1) is 8.09. The largest absolute Gasteiger partial charge is 0.506 e. The second-order valence-corrected chi connectivity index (χ2v) is 4.46. The third-order valence-corrected chi connectivity index (χ3v) is 2.98. The fourth-order valence-corrected chi connectivity index (χ4v) is 1.99. The Morgan fingerprint density at radius 2 is 1.76 bits per heavy atom. The van der Waals surface area contributed by atoms with Crippen LogP contribution in [0.5, 0.6) is 5.75 Å². The molecule has 17 heavy (non-hydrogen) atoms. The first-order valence-corrected chi connectivity index (χ1v) is 5.81. The number of hydrogen-bond donors (Lipinski definition) is 2. The molecule has 0 aromatic heterocycles. The number of rotatable bonds is 2. The summed E-state index contributed by atoms with van der Waals surface area (Å²) in [5.41, 5.74) is 8.49. The number of phenolic OH excluding ortho intramolecular Hbond substituents is 1. The molecule has 2 nitrogen and oxygen atoms in total. The van der Waals surface area contributed by atoms with Gasteiger partial charge in [0.05, 0.1) is 5.02 Å². The van der Waals surface area contributed by atoms with Gasteiger partial charge in [0.2, 0.25) is 0 Å². The van der Waals surface area contributed by atoms with Crippen molar-refractivity contribution in [2.75, 3.05) is 0 Å². The van der Waals surface area contributed by atoms with E-state index in [1.54, 1.807) is 6.07 Å². The first-order valence-electron chi connectivity index (χ1n) is 5.43. The Kier molecular flexibility index (Phi) is 3.36. The van der Waals surface area contributed by atoms with Crippen LogP contribution in [-0.4, -0.2) is 5.11 Å². The Labute approximate surface area is 106 Å². The van der Waals surface area contributed by atoms with Crippen LogP contribution in [0.15, 0.2) is 42.5 Å². The molecular formula is C14H14ClNO. The van der Waals surface area contributed by atoms with Crippen LogP contribution in [0.25, 0.3) is 11.1 Å². The fourth-order valence-electron chi connectivity index (χ4n) is 1.76. The van der Waals surface area contributed by atoms with E-state index in [-0.39, 0.29) is 11.8 Å². The summed E-state index contributed by atoms with van der Waals surface area (Å²) in [5, 5.41) is 10.2. The molecule has 0 fully saturated rings. The molecule has 0 saturated heterocycles. The van der Waals surface area contributed by atoms with E-state index in [4.69, 9.17) is 17.3 Å². The number of aromatic hydroxyl groups is 1. The minimum atomic E-state index is -0.254. The Hall–Kier alpha value is -1.51. The van der Waals surface area contributed by atoms with Crippen LogP contribution in [0, 0.1) is 0 Å². The van der Waals surface area contributed by atoms with Crippen molar-refractivity contribution in [1.82, 2.24) is 0 Å². The highest BCUT2D eigenvalue weighted by Crippen LogP contribution is 2.35. The van der Waals surface area contributed by atoms with Crippen LogP contribution in [0.2, 0.25) is 5.02 Å². The molecule has 0 aliphatic rings. The summed E-state index contributed by atoms with van der Waals surface area (Å²) in [4.78, 5) is 0. The zero-order chi connectivity index (χ0) is 12.4. The molecular weight excluding hydrogens is 234 g/mol. The molecule has 1 atom stereocenters. The zero-order valence-corrected chi connectivity index (χ0v) is 10.3. The van der Waals surface area contributed by atoms with Crippen LogP contribution < -0.4 is 5.73 Å². The van der Waals surface area contributed by atoms with Gasteiger partial charge in [-0.15, -0.1) is 0 Å². The maximum Gasteiger partial charge on any atom is 0.138 e. The standard InChI is InChI=1S/C14H14ClNO/c1-9(16)12-7-11(8-13(15)14(12)17)10-5-3-2-4-6-10/h2-9,17H,16H2,1H3. The summed E-state index contributed by atoms with van der Waals surface area (Å²) in [5.74, 6) is 0.0707. The molecule has 1 unspecified atom stereocenters. The summed E-state index contributed by atoms with van der Waals surface area (Å²) < 4.78 is 0. The first kappa shape index (κ1) is 12.0. The van der Waals surface area contributed by atoms with E-state index in [0.29, 0.717) is 10.6 Å². The molecule has 0 aliphatic carbocycles. The summed E-state index contributed by atoms with van der Waals surface area (Å²) >= 11 is 6.01. The van der Waals surface area contributed by atoms with Gasteiger partial charge in [-0.25, -0.2) is 0 Å². The molecule has 3 N–H and O–H groups in total. The van der Waals surface area contributed by atoms with Crippen molar-refractivity contribution < 1.29 is 5.11 Å². The maximum atomic E-state index is 9.83. The molecule has 0 aliphatic heterocycles. The molecule has 2 rings (SSSR count). The van der Waals surface area contributed by atoms with Gasteiger partial charge < -0.3 is 10.8 Å². The molecule has 2 aromatic rings. The number of halogens is 1. The van der Waals surface area contributed by atoms with Crippen LogP contribution in [0.3, 0.4) is 0 Å². The van der Waals surface area contributed by atoms with E-state index >= 15 is 0 Å². The highest BCUT2D eigenvalue weighted by atomic mass is 35.5. The highest BCUT2D eigenvalue weighted by Gasteiger charge is 2.12. The molecule has 3 heteroatoms. The van der Waals surface area contributed by atoms with Gasteiger partial charge in [0.25, 0.3) is 0 Å². The van der Waals surface area contributed by atoms with Gasteiger partial charge in [0.15, 0.2) is 0 Å². The smallest absolute Gasteiger partial charge is 0.138 e. The monoisotopic (exact) mass is 247 g/mol. The lowest BCUT2D eigenvalue weighted by atomic mass is 9.99. The van der Waals surface area contributed by atoms with Gasteiger partial charge in [0.1, 0.15) is 5.75 Å². The predicted molar refractivity (Wildman–Crippen MR) is 71.2 cm³/mol. The number of phenols is 1. The predicted octanol–water partition coefficient (Wildman–Crippen LogP) is 3.73. The van der Waals surface area contributed by atoms with Gasteiger partial charge in [-0.3, -0.25) is 0 Å². The van der Waals surface area contributed by atoms with Gasteiger partial charge in [-0.05, 0) is 30.2 Å². The lowest BCUT2D eigenvalue weighted by molar-refractivity contribution is 0.464. The summed E-state index contributed by atoms with van der Waals surface area (Å²) in [6.07, 6.45) is 0. The Bertz CT molecular complexity index is 523. The molecule has 0 radical (unpaired) electrons. The lowest BCUT2D eigenvalue weighted by Crippen LogP contribution is -2.05. The Morgan fingerprint density at radius 1 is 1.12 bits per heavy atom. The highest BCUT2D eigenvalue weighted by molar-refractivity contribution is 6.32. The zero-order valence-electron chi connectivity index (χ0n) is 9.52. The topological polar surface area (TPSA) is 46.2 Å².